The quantitative estimate of drug-likeness (QED) is 0.674. The van der Waals surface area contributed by atoms with Crippen LogP contribution in [0.2, 0.25) is 0 Å². The molecule has 0 aromatic carbocycles. The van der Waals surface area contributed by atoms with Crippen molar-refractivity contribution in [1.29, 1.82) is 0 Å². The molecule has 0 bridgehead atoms. The van der Waals surface area contributed by atoms with Crippen LogP contribution in [0.3, 0.4) is 0 Å². The Balaban J connectivity index is 3.00. The zero-order chi connectivity index (χ0) is 8.48. The summed E-state index contributed by atoms with van der Waals surface area (Å²) in [6.45, 7) is 3.34. The molecule has 0 saturated carbocycles. The number of rotatable bonds is 2. The molecule has 1 aromatic rings. The summed E-state index contributed by atoms with van der Waals surface area (Å²) in [4.78, 5) is 13.6. The molecule has 60 valence electrons. The minimum absolute atomic E-state index is 0.727. The Hall–Kier alpha value is -1.25. The molecule has 0 radical (unpaired) electrons. The molecule has 1 heterocycles. The van der Waals surface area contributed by atoms with Crippen molar-refractivity contribution < 1.29 is 9.90 Å². The third-order valence-corrected chi connectivity index (χ3v) is 1.81. The third kappa shape index (κ3) is 1.27. The van der Waals surface area contributed by atoms with Crippen molar-refractivity contribution in [3.63, 3.8) is 0 Å². The molecule has 0 saturated heterocycles. The second kappa shape index (κ2) is 2.42. The van der Waals surface area contributed by atoms with Crippen LogP contribution >= 0.6 is 0 Å². The van der Waals surface area contributed by atoms with Gasteiger partial charge in [-0.15, -0.1) is 0 Å². The fourth-order valence-corrected chi connectivity index (χ4v) is 0.834. The monoisotopic (exact) mass is 153 g/mol. The molecule has 0 spiro atoms. The number of aromatic amines is 1. The molecule has 0 aliphatic heterocycles. The summed E-state index contributed by atoms with van der Waals surface area (Å²) in [6.07, 6.45) is 1.72. The molecule has 0 unspecified atom stereocenters. The first-order chi connectivity index (χ1) is 5.05. The summed E-state index contributed by atoms with van der Waals surface area (Å²) in [5, 5.41) is 8.79. The number of carboxylic acids is 1. The van der Waals surface area contributed by atoms with Crippen LogP contribution in [0.15, 0.2) is 18.3 Å². The maximum absolute atomic E-state index is 10.7. The molecule has 2 N–H and O–H groups in total. The van der Waals surface area contributed by atoms with Crippen LogP contribution in [-0.2, 0) is 10.2 Å². The van der Waals surface area contributed by atoms with E-state index in [1.165, 1.54) is 0 Å². The van der Waals surface area contributed by atoms with Crippen LogP contribution in [0, 0.1) is 0 Å². The minimum atomic E-state index is -0.819. The van der Waals surface area contributed by atoms with Crippen LogP contribution < -0.4 is 0 Å². The molecule has 0 fully saturated rings. The first-order valence-corrected chi connectivity index (χ1v) is 3.42. The van der Waals surface area contributed by atoms with Gasteiger partial charge in [-0.3, -0.25) is 4.79 Å². The van der Waals surface area contributed by atoms with E-state index in [-0.39, 0.29) is 0 Å². The van der Waals surface area contributed by atoms with E-state index in [1.807, 2.05) is 0 Å². The Bertz CT molecular complexity index is 249. The summed E-state index contributed by atoms with van der Waals surface area (Å²) in [6, 6.07) is 3.56. The van der Waals surface area contributed by atoms with E-state index in [1.54, 1.807) is 32.2 Å². The van der Waals surface area contributed by atoms with Crippen LogP contribution in [0.5, 0.6) is 0 Å². The van der Waals surface area contributed by atoms with E-state index in [9.17, 15) is 4.79 Å². The summed E-state index contributed by atoms with van der Waals surface area (Å²) >= 11 is 0. The van der Waals surface area contributed by atoms with E-state index >= 15 is 0 Å². The molecule has 0 aliphatic carbocycles. The van der Waals surface area contributed by atoms with E-state index in [2.05, 4.69) is 4.98 Å². The standard InChI is InChI=1S/C8H11NO2/c1-8(2,7(10)11)6-4-3-5-9-6/h3-5,9H,1-2H3,(H,10,11). The predicted molar refractivity (Wildman–Crippen MR) is 41.5 cm³/mol. The van der Waals surface area contributed by atoms with E-state index in [4.69, 9.17) is 5.11 Å². The molecule has 3 heteroatoms. The number of hydrogen-bond acceptors (Lipinski definition) is 1. The Kier molecular flexibility index (Phi) is 1.72. The van der Waals surface area contributed by atoms with Gasteiger partial charge in [0, 0.05) is 11.9 Å². The molecule has 3 nitrogen and oxygen atoms in total. The largest absolute Gasteiger partial charge is 0.481 e. The van der Waals surface area contributed by atoms with Crippen molar-refractivity contribution in [3.05, 3.63) is 24.0 Å². The van der Waals surface area contributed by atoms with Gasteiger partial charge >= 0.3 is 5.97 Å². The van der Waals surface area contributed by atoms with Gasteiger partial charge in [-0.1, -0.05) is 0 Å². The van der Waals surface area contributed by atoms with Gasteiger partial charge in [-0.2, -0.15) is 0 Å². The highest BCUT2D eigenvalue weighted by Crippen LogP contribution is 2.20. The van der Waals surface area contributed by atoms with Gasteiger partial charge in [-0.25, -0.2) is 0 Å². The van der Waals surface area contributed by atoms with Crippen molar-refractivity contribution in [2.45, 2.75) is 19.3 Å². The molecule has 1 rings (SSSR count). The summed E-state index contributed by atoms with van der Waals surface area (Å²) in [5.41, 5.74) is -0.0891. The average Bonchev–Trinajstić information content (AvgIpc) is 2.37. The smallest absolute Gasteiger partial charge is 0.315 e. The summed E-state index contributed by atoms with van der Waals surface area (Å²) < 4.78 is 0. The second-order valence-electron chi connectivity index (χ2n) is 3.01. The van der Waals surface area contributed by atoms with Crippen molar-refractivity contribution in [2.24, 2.45) is 0 Å². The van der Waals surface area contributed by atoms with Crippen LogP contribution in [-0.4, -0.2) is 16.1 Å². The molecule has 0 aliphatic rings. The highest BCUT2D eigenvalue weighted by Gasteiger charge is 2.29. The van der Waals surface area contributed by atoms with Gasteiger partial charge in [-0.05, 0) is 26.0 Å². The number of carboxylic acid groups (broad SMARTS) is 1. The van der Waals surface area contributed by atoms with E-state index in [0.717, 1.165) is 5.69 Å². The number of aliphatic carboxylic acids is 1. The highest BCUT2D eigenvalue weighted by molar-refractivity contribution is 5.79. The topological polar surface area (TPSA) is 53.1 Å². The minimum Gasteiger partial charge on any atom is -0.481 e. The number of H-pyrrole nitrogens is 1. The second-order valence-corrected chi connectivity index (χ2v) is 3.01. The fraction of sp³-hybridized carbons (Fsp3) is 0.375. The van der Waals surface area contributed by atoms with E-state index in [0.29, 0.717) is 0 Å². The first-order valence-electron chi connectivity index (χ1n) is 3.42. The van der Waals surface area contributed by atoms with Gasteiger partial charge < -0.3 is 10.1 Å². The van der Waals surface area contributed by atoms with Gasteiger partial charge in [0.25, 0.3) is 0 Å². The maximum atomic E-state index is 10.7. The third-order valence-electron chi connectivity index (χ3n) is 1.81. The highest BCUT2D eigenvalue weighted by atomic mass is 16.4. The Labute approximate surface area is 65.1 Å². The first kappa shape index (κ1) is 7.85. The predicted octanol–water partition coefficient (Wildman–Crippen LogP) is 1.38. The summed E-state index contributed by atoms with van der Waals surface area (Å²) in [7, 11) is 0. The maximum Gasteiger partial charge on any atom is 0.315 e. The van der Waals surface area contributed by atoms with Gasteiger partial charge in [0.15, 0.2) is 0 Å². The van der Waals surface area contributed by atoms with Gasteiger partial charge in [0.05, 0.1) is 0 Å². The molecular weight excluding hydrogens is 142 g/mol. The normalized spacial score (nSPS) is 11.5. The summed E-state index contributed by atoms with van der Waals surface area (Å²) in [5.74, 6) is -0.819. The molecular formula is C8H11NO2. The Morgan fingerprint density at radius 2 is 2.27 bits per heavy atom. The molecule has 0 atom stereocenters. The lowest BCUT2D eigenvalue weighted by atomic mass is 9.90. The SMILES string of the molecule is CC(C)(C(=O)O)c1ccc[nH]1. The molecule has 11 heavy (non-hydrogen) atoms. The zero-order valence-corrected chi connectivity index (χ0v) is 6.59. The van der Waals surface area contributed by atoms with Gasteiger partial charge in [0.1, 0.15) is 5.41 Å². The lowest BCUT2D eigenvalue weighted by Gasteiger charge is -2.16. The molecule has 0 amide bonds. The number of aromatic nitrogens is 1. The lowest BCUT2D eigenvalue weighted by Crippen LogP contribution is -2.28. The molecule has 1 aromatic heterocycles. The Morgan fingerprint density at radius 1 is 1.64 bits per heavy atom. The van der Waals surface area contributed by atoms with Crippen LogP contribution in [0.25, 0.3) is 0 Å². The fourth-order valence-electron chi connectivity index (χ4n) is 0.834. The van der Waals surface area contributed by atoms with Crippen molar-refractivity contribution in [3.8, 4) is 0 Å². The number of carbonyl (C=O) groups is 1. The van der Waals surface area contributed by atoms with Crippen molar-refractivity contribution in [1.82, 2.24) is 4.98 Å². The van der Waals surface area contributed by atoms with Crippen LogP contribution in [0.1, 0.15) is 19.5 Å². The number of nitrogens with one attached hydrogen (secondary N) is 1. The number of hydrogen-bond donors (Lipinski definition) is 2. The average molecular weight is 153 g/mol. The lowest BCUT2D eigenvalue weighted by molar-refractivity contribution is -0.142. The Morgan fingerprint density at radius 3 is 2.64 bits per heavy atom. The van der Waals surface area contributed by atoms with Gasteiger partial charge in [0.2, 0.25) is 0 Å². The van der Waals surface area contributed by atoms with Crippen molar-refractivity contribution in [2.75, 3.05) is 0 Å². The zero-order valence-electron chi connectivity index (χ0n) is 6.59. The van der Waals surface area contributed by atoms with Crippen molar-refractivity contribution >= 4 is 5.97 Å². The van der Waals surface area contributed by atoms with Crippen LogP contribution in [0.4, 0.5) is 0 Å². The van der Waals surface area contributed by atoms with E-state index < -0.39 is 11.4 Å².